The third-order valence-corrected chi connectivity index (χ3v) is 4.53. The summed E-state index contributed by atoms with van der Waals surface area (Å²) in [5.41, 5.74) is 6.06. The van der Waals surface area contributed by atoms with Gasteiger partial charge >= 0.3 is 0 Å². The molecule has 3 heterocycles. The highest BCUT2D eigenvalue weighted by atomic mass is 14.9. The van der Waals surface area contributed by atoms with Gasteiger partial charge in [-0.3, -0.25) is 4.99 Å². The minimum atomic E-state index is 0.842. The quantitative estimate of drug-likeness (QED) is 0.540. The zero-order chi connectivity index (χ0) is 14.5. The number of hydrogen-bond donors (Lipinski definition) is 2. The summed E-state index contributed by atoms with van der Waals surface area (Å²) in [5, 5.41) is 3.82. The molecule has 1 aliphatic rings. The van der Waals surface area contributed by atoms with Gasteiger partial charge in [-0.15, -0.1) is 0 Å². The summed E-state index contributed by atoms with van der Waals surface area (Å²) >= 11 is 0. The number of nitrogens with one attached hydrogen (secondary N) is 2. The van der Waals surface area contributed by atoms with Crippen molar-refractivity contribution in [1.82, 2.24) is 9.97 Å². The second kappa shape index (κ2) is 4.34. The molecule has 0 atom stereocenters. The van der Waals surface area contributed by atoms with Gasteiger partial charge in [0, 0.05) is 45.3 Å². The molecule has 0 amide bonds. The molecule has 0 fully saturated rings. The highest BCUT2D eigenvalue weighted by molar-refractivity contribution is 5.95. The molecule has 5 rings (SSSR count). The smallest absolute Gasteiger partial charge is 0.133 e. The van der Waals surface area contributed by atoms with Crippen LogP contribution >= 0.6 is 0 Å². The summed E-state index contributed by atoms with van der Waals surface area (Å²) < 4.78 is 0. The summed E-state index contributed by atoms with van der Waals surface area (Å²) in [6.45, 7) is 0.842. The normalized spacial score (nSPS) is 14.3. The molecule has 0 unspecified atom stereocenters. The molecule has 0 saturated carbocycles. The van der Waals surface area contributed by atoms with Crippen LogP contribution in [0.4, 0.5) is 0 Å². The van der Waals surface area contributed by atoms with Gasteiger partial charge < -0.3 is 9.97 Å². The molecule has 1 aliphatic heterocycles. The predicted octanol–water partition coefficient (Wildman–Crippen LogP) is 2.87. The molecule has 0 bridgehead atoms. The van der Waals surface area contributed by atoms with Crippen molar-refractivity contribution in [3.05, 3.63) is 71.0 Å². The van der Waals surface area contributed by atoms with E-state index in [1.807, 2.05) is 0 Å². The number of benzene rings is 2. The molecule has 22 heavy (non-hydrogen) atoms. The minimum Gasteiger partial charge on any atom is -0.361 e. The molecule has 0 radical (unpaired) electrons. The topological polar surface area (TPSA) is 43.9 Å². The fourth-order valence-corrected chi connectivity index (χ4v) is 3.55. The van der Waals surface area contributed by atoms with E-state index in [0.29, 0.717) is 0 Å². The molecule has 0 aliphatic carbocycles. The monoisotopic (exact) mass is 285 g/mol. The van der Waals surface area contributed by atoms with Gasteiger partial charge in [0.05, 0.1) is 0 Å². The lowest BCUT2D eigenvalue weighted by Gasteiger charge is -2.08. The van der Waals surface area contributed by atoms with Crippen LogP contribution in [0, 0.1) is 0 Å². The van der Waals surface area contributed by atoms with Gasteiger partial charge in [-0.1, -0.05) is 36.4 Å². The van der Waals surface area contributed by atoms with Gasteiger partial charge in [-0.25, -0.2) is 0 Å². The van der Waals surface area contributed by atoms with Crippen LogP contribution < -0.4 is 10.7 Å². The Bertz CT molecular complexity index is 1130. The van der Waals surface area contributed by atoms with Crippen LogP contribution in [0.5, 0.6) is 0 Å². The van der Waals surface area contributed by atoms with E-state index in [4.69, 9.17) is 0 Å². The first-order valence-electron chi connectivity index (χ1n) is 7.63. The Morgan fingerprint density at radius 1 is 0.864 bits per heavy atom. The number of hydrogen-bond acceptors (Lipinski definition) is 1. The van der Waals surface area contributed by atoms with Crippen molar-refractivity contribution in [3.8, 4) is 0 Å². The van der Waals surface area contributed by atoms with Crippen molar-refractivity contribution >= 4 is 27.4 Å². The molecule has 2 aromatic carbocycles. The Hall–Kier alpha value is -2.81. The summed E-state index contributed by atoms with van der Waals surface area (Å²) in [5.74, 6) is 0. The van der Waals surface area contributed by atoms with Crippen molar-refractivity contribution in [1.29, 1.82) is 0 Å². The Kier molecular flexibility index (Phi) is 2.33. The maximum absolute atomic E-state index is 4.68. The van der Waals surface area contributed by atoms with Crippen molar-refractivity contribution < 1.29 is 0 Å². The summed E-state index contributed by atoms with van der Waals surface area (Å²) in [6.07, 6.45) is 3.12. The second-order valence-corrected chi connectivity index (χ2v) is 5.75. The molecule has 0 saturated heterocycles. The van der Waals surface area contributed by atoms with Crippen molar-refractivity contribution in [2.24, 2.45) is 4.99 Å². The third kappa shape index (κ3) is 1.53. The van der Waals surface area contributed by atoms with Crippen LogP contribution in [0.1, 0.15) is 12.0 Å². The number of fused-ring (bicyclic) bond motifs is 4. The van der Waals surface area contributed by atoms with Gasteiger partial charge in [0.1, 0.15) is 5.49 Å². The molecule has 0 spiro atoms. The summed E-state index contributed by atoms with van der Waals surface area (Å²) in [7, 11) is 0. The standard InChI is InChI=1S/C19H15N3/c1-3-7-16-12(5-1)15(11-21-16)13-9-10-20-19-18(13)14-6-2-4-8-17(14)22-19/h1-8,11,21H,9-10H2,(H,20,22). The van der Waals surface area contributed by atoms with E-state index >= 15 is 0 Å². The maximum atomic E-state index is 4.68. The first-order chi connectivity index (χ1) is 10.9. The Balaban J connectivity index is 1.98. The highest BCUT2D eigenvalue weighted by Gasteiger charge is 2.15. The molecule has 2 aromatic heterocycles. The summed E-state index contributed by atoms with van der Waals surface area (Å²) in [4.78, 5) is 11.5. The van der Waals surface area contributed by atoms with Crippen LogP contribution in [0.25, 0.3) is 27.4 Å². The van der Waals surface area contributed by atoms with E-state index in [-0.39, 0.29) is 0 Å². The molecular formula is C19H15N3. The van der Waals surface area contributed by atoms with E-state index in [0.717, 1.165) is 24.0 Å². The van der Waals surface area contributed by atoms with E-state index in [9.17, 15) is 0 Å². The second-order valence-electron chi connectivity index (χ2n) is 5.75. The maximum Gasteiger partial charge on any atom is 0.133 e. The van der Waals surface area contributed by atoms with Gasteiger partial charge in [-0.2, -0.15) is 0 Å². The fourth-order valence-electron chi connectivity index (χ4n) is 3.55. The third-order valence-electron chi connectivity index (χ3n) is 4.53. The fraction of sp³-hybridized carbons (Fsp3) is 0.105. The van der Waals surface area contributed by atoms with Crippen molar-refractivity contribution in [2.45, 2.75) is 6.42 Å². The zero-order valence-corrected chi connectivity index (χ0v) is 12.1. The summed E-state index contributed by atoms with van der Waals surface area (Å²) in [6, 6.07) is 16.9. The molecule has 3 nitrogen and oxygen atoms in total. The number of H-pyrrole nitrogens is 2. The van der Waals surface area contributed by atoms with Crippen LogP contribution in [0.15, 0.2) is 59.7 Å². The minimum absolute atomic E-state index is 0.842. The first-order valence-corrected chi connectivity index (χ1v) is 7.63. The molecule has 2 N–H and O–H groups in total. The van der Waals surface area contributed by atoms with Crippen molar-refractivity contribution in [3.63, 3.8) is 0 Å². The number of para-hydroxylation sites is 2. The van der Waals surface area contributed by atoms with Crippen LogP contribution in [-0.2, 0) is 0 Å². The number of aromatic nitrogens is 2. The van der Waals surface area contributed by atoms with E-state index in [1.54, 1.807) is 0 Å². The molecule has 3 heteroatoms. The first kappa shape index (κ1) is 11.8. The predicted molar refractivity (Wildman–Crippen MR) is 89.4 cm³/mol. The number of rotatable bonds is 1. The van der Waals surface area contributed by atoms with E-state index in [2.05, 4.69) is 69.7 Å². The lowest BCUT2D eigenvalue weighted by atomic mass is 9.98. The Labute approximate surface area is 127 Å². The van der Waals surface area contributed by atoms with Crippen LogP contribution in [0.2, 0.25) is 0 Å². The Morgan fingerprint density at radius 3 is 2.55 bits per heavy atom. The number of nitrogens with zero attached hydrogens (tertiary/aromatic N) is 1. The highest BCUT2D eigenvalue weighted by Crippen LogP contribution is 2.26. The van der Waals surface area contributed by atoms with Crippen LogP contribution in [-0.4, -0.2) is 16.5 Å². The van der Waals surface area contributed by atoms with Crippen LogP contribution in [0.3, 0.4) is 0 Å². The SMILES string of the molecule is c1ccc2c(C3=c4c([nH]c5ccccc45)=NCC3)c[nH]c2c1. The van der Waals surface area contributed by atoms with Crippen molar-refractivity contribution in [2.75, 3.05) is 6.54 Å². The van der Waals surface area contributed by atoms with Gasteiger partial charge in [-0.05, 0) is 24.1 Å². The van der Waals surface area contributed by atoms with Gasteiger partial charge in [0.15, 0.2) is 0 Å². The average molecular weight is 285 g/mol. The molecular weight excluding hydrogens is 270 g/mol. The largest absolute Gasteiger partial charge is 0.361 e. The average Bonchev–Trinajstić information content (AvgIpc) is 3.16. The lowest BCUT2D eigenvalue weighted by Crippen LogP contribution is -2.30. The van der Waals surface area contributed by atoms with Gasteiger partial charge in [0.2, 0.25) is 0 Å². The van der Waals surface area contributed by atoms with E-state index < -0.39 is 0 Å². The Morgan fingerprint density at radius 2 is 1.64 bits per heavy atom. The molecule has 106 valence electrons. The molecule has 4 aromatic rings. The zero-order valence-electron chi connectivity index (χ0n) is 12.1. The van der Waals surface area contributed by atoms with Gasteiger partial charge in [0.25, 0.3) is 0 Å². The van der Waals surface area contributed by atoms with E-state index in [1.165, 1.54) is 32.6 Å². The number of aromatic amines is 2. The lowest BCUT2D eigenvalue weighted by molar-refractivity contribution is 0.922.